The van der Waals surface area contributed by atoms with Crippen LogP contribution in [0.1, 0.15) is 44.3 Å². The highest BCUT2D eigenvalue weighted by molar-refractivity contribution is 7.85. The molecule has 4 aliphatic rings. The Morgan fingerprint density at radius 3 is 2.29 bits per heavy atom. The first-order chi connectivity index (χ1) is 10.0. The second-order valence-corrected chi connectivity index (χ2v) is 9.03. The molecule has 5 heteroatoms. The number of aromatic hydroxyl groups is 1. The molecule has 4 aliphatic carbocycles. The Labute approximate surface area is 126 Å². The van der Waals surface area contributed by atoms with Crippen molar-refractivity contribution < 1.29 is 13.7 Å². The van der Waals surface area contributed by atoms with Crippen molar-refractivity contribution in [3.8, 4) is 5.75 Å². The monoisotopic (exact) mass is 308 g/mol. The van der Waals surface area contributed by atoms with Gasteiger partial charge >= 0.3 is 0 Å². The van der Waals surface area contributed by atoms with Gasteiger partial charge in [0.2, 0.25) is 5.43 Å². The molecule has 0 aliphatic heterocycles. The Balaban J connectivity index is 1.57. The topological polar surface area (TPSA) is 67.5 Å². The Bertz CT molecular complexity index is 613. The lowest BCUT2D eigenvalue weighted by Gasteiger charge is -2.56. The predicted molar refractivity (Wildman–Crippen MR) is 79.4 cm³/mol. The molecule has 4 nitrogen and oxygen atoms in total. The lowest BCUT2D eigenvalue weighted by atomic mass is 9.56. The fraction of sp³-hybridized carbons (Fsp3) is 0.688. The highest BCUT2D eigenvalue weighted by Crippen LogP contribution is 2.58. The molecule has 0 saturated heterocycles. The Morgan fingerprint density at radius 1 is 1.19 bits per heavy atom. The molecule has 1 heterocycles. The molecule has 0 spiro atoms. The Morgan fingerprint density at radius 2 is 1.76 bits per heavy atom. The molecule has 1 aromatic rings. The highest BCUT2D eigenvalue weighted by atomic mass is 32.2. The van der Waals surface area contributed by atoms with Crippen LogP contribution in [0.4, 0.5) is 0 Å². The SMILES string of the molecule is O=c1cc(CS(=O)C23CC4CC(CC(C4)C2)C3)occ1O. The van der Waals surface area contributed by atoms with Crippen LogP contribution in [0.3, 0.4) is 0 Å². The van der Waals surface area contributed by atoms with Crippen LogP contribution in [-0.4, -0.2) is 14.1 Å². The molecular formula is C16H20O4S. The van der Waals surface area contributed by atoms with E-state index in [9.17, 15) is 14.1 Å². The van der Waals surface area contributed by atoms with E-state index < -0.39 is 16.2 Å². The molecule has 1 unspecified atom stereocenters. The zero-order valence-electron chi connectivity index (χ0n) is 11.9. The van der Waals surface area contributed by atoms with Gasteiger partial charge in [-0.05, 0) is 56.3 Å². The minimum Gasteiger partial charge on any atom is -0.502 e. The first-order valence-electron chi connectivity index (χ1n) is 7.73. The second-order valence-electron chi connectivity index (χ2n) is 7.19. The summed E-state index contributed by atoms with van der Waals surface area (Å²) in [7, 11) is -1.00. The van der Waals surface area contributed by atoms with Crippen LogP contribution in [0, 0.1) is 17.8 Å². The molecule has 0 aromatic carbocycles. The van der Waals surface area contributed by atoms with Gasteiger partial charge in [0.05, 0.1) is 5.75 Å². The lowest BCUT2D eigenvalue weighted by Crippen LogP contribution is -2.53. The van der Waals surface area contributed by atoms with Gasteiger partial charge in [-0.2, -0.15) is 0 Å². The second kappa shape index (κ2) is 4.70. The minimum atomic E-state index is -1.00. The smallest absolute Gasteiger partial charge is 0.226 e. The summed E-state index contributed by atoms with van der Waals surface area (Å²) in [5.74, 6) is 2.60. The van der Waals surface area contributed by atoms with Crippen molar-refractivity contribution in [3.05, 3.63) is 28.3 Å². The van der Waals surface area contributed by atoms with E-state index in [1.165, 1.54) is 25.3 Å². The van der Waals surface area contributed by atoms with E-state index in [-0.39, 0.29) is 10.5 Å². The van der Waals surface area contributed by atoms with Crippen molar-refractivity contribution >= 4 is 10.8 Å². The molecule has 21 heavy (non-hydrogen) atoms. The number of hydrogen-bond donors (Lipinski definition) is 1. The quantitative estimate of drug-likeness (QED) is 0.932. The van der Waals surface area contributed by atoms with Crippen LogP contribution in [0.25, 0.3) is 0 Å². The van der Waals surface area contributed by atoms with Gasteiger partial charge in [-0.25, -0.2) is 0 Å². The minimum absolute atomic E-state index is 0.0504. The lowest BCUT2D eigenvalue weighted by molar-refractivity contribution is 0.0360. The van der Waals surface area contributed by atoms with Crippen molar-refractivity contribution in [1.29, 1.82) is 0 Å². The average Bonchev–Trinajstić information content (AvgIpc) is 2.41. The normalized spacial score (nSPS) is 38.6. The largest absolute Gasteiger partial charge is 0.502 e. The average molecular weight is 308 g/mol. The summed E-state index contributed by atoms with van der Waals surface area (Å²) in [5, 5.41) is 9.23. The molecule has 4 saturated carbocycles. The fourth-order valence-corrected chi connectivity index (χ4v) is 7.09. The third-order valence-corrected chi connectivity index (χ3v) is 7.62. The molecule has 1 aromatic heterocycles. The molecule has 0 amide bonds. The molecule has 114 valence electrons. The highest BCUT2D eigenvalue weighted by Gasteiger charge is 2.53. The van der Waals surface area contributed by atoms with Crippen LogP contribution in [0.15, 0.2) is 21.5 Å². The third kappa shape index (κ3) is 2.26. The zero-order chi connectivity index (χ0) is 14.6. The fourth-order valence-electron chi connectivity index (χ4n) is 5.11. The van der Waals surface area contributed by atoms with E-state index in [0.29, 0.717) is 11.5 Å². The molecule has 5 rings (SSSR count). The van der Waals surface area contributed by atoms with Gasteiger partial charge in [0.1, 0.15) is 12.0 Å². The standard InChI is InChI=1S/C16H20O4S/c17-14-4-13(20-8-15(14)18)9-21(19)16-5-10-1-11(6-16)3-12(2-10)7-16/h4,8,10-12,18H,1-3,5-7,9H2. The van der Waals surface area contributed by atoms with Gasteiger partial charge < -0.3 is 9.52 Å². The van der Waals surface area contributed by atoms with Gasteiger partial charge in [0, 0.05) is 21.6 Å². The number of hydrogen-bond acceptors (Lipinski definition) is 4. The zero-order valence-corrected chi connectivity index (χ0v) is 12.7. The molecule has 0 radical (unpaired) electrons. The summed E-state index contributed by atoms with van der Waals surface area (Å²) in [5.41, 5.74) is -0.459. The van der Waals surface area contributed by atoms with Gasteiger partial charge in [-0.3, -0.25) is 9.00 Å². The van der Waals surface area contributed by atoms with E-state index in [2.05, 4.69) is 0 Å². The summed E-state index contributed by atoms with van der Waals surface area (Å²) in [4.78, 5) is 11.5. The Hall–Kier alpha value is -1.10. The number of rotatable bonds is 3. The molecule has 1 N–H and O–H groups in total. The van der Waals surface area contributed by atoms with Crippen LogP contribution in [0.5, 0.6) is 5.75 Å². The summed E-state index contributed by atoms with van der Waals surface area (Å²) >= 11 is 0. The van der Waals surface area contributed by atoms with Crippen molar-refractivity contribution in [2.75, 3.05) is 0 Å². The van der Waals surface area contributed by atoms with E-state index in [1.807, 2.05) is 0 Å². The summed E-state index contributed by atoms with van der Waals surface area (Å²) in [6.45, 7) is 0. The van der Waals surface area contributed by atoms with Crippen LogP contribution >= 0.6 is 0 Å². The van der Waals surface area contributed by atoms with Gasteiger partial charge in [0.15, 0.2) is 5.75 Å². The summed E-state index contributed by atoms with van der Waals surface area (Å²) < 4.78 is 18.1. The Kier molecular flexibility index (Phi) is 3.03. The predicted octanol–water partition coefficient (Wildman–Crippen LogP) is 2.56. The first kappa shape index (κ1) is 13.6. The van der Waals surface area contributed by atoms with Crippen LogP contribution in [0.2, 0.25) is 0 Å². The summed E-state index contributed by atoms with van der Waals surface area (Å²) in [6.07, 6.45) is 8.25. The third-order valence-electron chi connectivity index (χ3n) is 5.60. The van der Waals surface area contributed by atoms with Gasteiger partial charge in [0.25, 0.3) is 0 Å². The van der Waals surface area contributed by atoms with Crippen LogP contribution < -0.4 is 5.43 Å². The molecule has 4 fully saturated rings. The maximum atomic E-state index is 12.9. The molecular weight excluding hydrogens is 288 g/mol. The molecule has 4 bridgehead atoms. The van der Waals surface area contributed by atoms with E-state index in [0.717, 1.165) is 43.3 Å². The maximum Gasteiger partial charge on any atom is 0.226 e. The van der Waals surface area contributed by atoms with Crippen LogP contribution in [-0.2, 0) is 16.6 Å². The molecule has 1 atom stereocenters. The van der Waals surface area contributed by atoms with E-state index in [4.69, 9.17) is 4.42 Å². The van der Waals surface area contributed by atoms with Gasteiger partial charge in [-0.15, -0.1) is 0 Å². The maximum absolute atomic E-state index is 12.9. The van der Waals surface area contributed by atoms with Crippen molar-refractivity contribution in [2.45, 2.75) is 49.0 Å². The van der Waals surface area contributed by atoms with Crippen molar-refractivity contribution in [1.82, 2.24) is 0 Å². The first-order valence-corrected chi connectivity index (χ1v) is 9.05. The van der Waals surface area contributed by atoms with E-state index in [1.54, 1.807) is 0 Å². The van der Waals surface area contributed by atoms with Crippen molar-refractivity contribution in [2.24, 2.45) is 17.8 Å². The van der Waals surface area contributed by atoms with E-state index >= 15 is 0 Å². The summed E-state index contributed by atoms with van der Waals surface area (Å²) in [6, 6.07) is 1.27. The van der Waals surface area contributed by atoms with Gasteiger partial charge in [-0.1, -0.05) is 0 Å². The van der Waals surface area contributed by atoms with Crippen molar-refractivity contribution in [3.63, 3.8) is 0 Å².